The second-order valence-corrected chi connectivity index (χ2v) is 6.53. The Morgan fingerprint density at radius 3 is 2.62 bits per heavy atom. The molecule has 2 heterocycles. The lowest BCUT2D eigenvalue weighted by Gasteiger charge is -2.30. The van der Waals surface area contributed by atoms with E-state index in [2.05, 4.69) is 58.8 Å². The van der Waals surface area contributed by atoms with E-state index in [4.69, 9.17) is 0 Å². The highest BCUT2D eigenvalue weighted by Gasteiger charge is 2.18. The minimum Gasteiger partial charge on any atom is -0.328 e. The zero-order valence-corrected chi connectivity index (χ0v) is 13.3. The van der Waals surface area contributed by atoms with Gasteiger partial charge in [0.15, 0.2) is 0 Å². The summed E-state index contributed by atoms with van der Waals surface area (Å²) in [6.45, 7) is 7.68. The maximum Gasteiger partial charge on any atom is 0.103 e. The molecule has 21 heavy (non-hydrogen) atoms. The van der Waals surface area contributed by atoms with Crippen molar-refractivity contribution in [1.29, 1.82) is 0 Å². The first kappa shape index (κ1) is 14.3. The van der Waals surface area contributed by atoms with Crippen molar-refractivity contribution in [1.82, 2.24) is 5.01 Å². The Balaban J connectivity index is 1.49. The Morgan fingerprint density at radius 2 is 1.95 bits per heavy atom. The van der Waals surface area contributed by atoms with Gasteiger partial charge < -0.3 is 4.90 Å². The molecule has 2 aromatic rings. The van der Waals surface area contributed by atoms with Gasteiger partial charge in [-0.15, -0.1) is 11.3 Å². The molecule has 0 spiro atoms. The molecule has 0 amide bonds. The van der Waals surface area contributed by atoms with Crippen LogP contribution in [0.1, 0.15) is 16.0 Å². The van der Waals surface area contributed by atoms with Crippen LogP contribution in [-0.2, 0) is 6.54 Å². The van der Waals surface area contributed by atoms with E-state index in [9.17, 15) is 0 Å². The predicted molar refractivity (Wildman–Crippen MR) is 89.1 cm³/mol. The van der Waals surface area contributed by atoms with Crippen LogP contribution in [0.4, 0.5) is 0 Å². The molecule has 1 aliphatic heterocycles. The maximum absolute atomic E-state index is 4.63. The summed E-state index contributed by atoms with van der Waals surface area (Å²) in [6, 6.07) is 12.9. The standard InChI is InChI=1S/C17H21N3S/c1-15-7-12-21-17(15)13-18-20-10-8-19(9-11-20)14-16-5-3-2-4-6-16/h2-7,12-13H,8-11,14H2,1H3/p+1/b18-13-. The molecule has 3 nitrogen and oxygen atoms in total. The summed E-state index contributed by atoms with van der Waals surface area (Å²) in [4.78, 5) is 2.93. The summed E-state index contributed by atoms with van der Waals surface area (Å²) >= 11 is 1.76. The van der Waals surface area contributed by atoms with Crippen LogP contribution in [0.5, 0.6) is 0 Å². The lowest BCUT2D eigenvalue weighted by atomic mass is 10.2. The van der Waals surface area contributed by atoms with Gasteiger partial charge in [-0.2, -0.15) is 5.10 Å². The largest absolute Gasteiger partial charge is 0.328 e. The van der Waals surface area contributed by atoms with Gasteiger partial charge in [-0.25, -0.2) is 0 Å². The number of nitrogens with zero attached hydrogens (tertiary/aromatic N) is 2. The van der Waals surface area contributed by atoms with Crippen molar-refractivity contribution in [3.63, 3.8) is 0 Å². The fourth-order valence-electron chi connectivity index (χ4n) is 2.64. The van der Waals surface area contributed by atoms with E-state index in [1.807, 2.05) is 6.21 Å². The Morgan fingerprint density at radius 1 is 1.19 bits per heavy atom. The molecule has 1 aliphatic rings. The number of quaternary nitrogens is 1. The number of hydrogen-bond acceptors (Lipinski definition) is 3. The zero-order valence-electron chi connectivity index (χ0n) is 12.5. The smallest absolute Gasteiger partial charge is 0.103 e. The molecule has 0 unspecified atom stereocenters. The van der Waals surface area contributed by atoms with Gasteiger partial charge in [0.05, 0.1) is 32.4 Å². The fraction of sp³-hybridized carbons (Fsp3) is 0.353. The maximum atomic E-state index is 4.63. The Labute approximate surface area is 130 Å². The molecule has 3 rings (SSSR count). The molecule has 1 saturated heterocycles. The second-order valence-electron chi connectivity index (χ2n) is 5.58. The van der Waals surface area contributed by atoms with Crippen LogP contribution in [-0.4, -0.2) is 37.4 Å². The highest BCUT2D eigenvalue weighted by Crippen LogP contribution is 2.12. The molecule has 0 atom stereocenters. The summed E-state index contributed by atoms with van der Waals surface area (Å²) in [5, 5.41) is 8.96. The molecule has 0 radical (unpaired) electrons. The van der Waals surface area contributed by atoms with Gasteiger partial charge in [0, 0.05) is 10.4 Å². The normalized spacial score (nSPS) is 16.7. The van der Waals surface area contributed by atoms with E-state index in [0.717, 1.165) is 32.7 Å². The van der Waals surface area contributed by atoms with Crippen LogP contribution in [0.2, 0.25) is 0 Å². The van der Waals surface area contributed by atoms with Gasteiger partial charge >= 0.3 is 0 Å². The van der Waals surface area contributed by atoms with Crippen molar-refractivity contribution in [2.45, 2.75) is 13.5 Å². The molecule has 1 N–H and O–H groups in total. The average molecular weight is 300 g/mol. The first-order valence-corrected chi connectivity index (χ1v) is 8.40. The first-order chi connectivity index (χ1) is 10.3. The Kier molecular flexibility index (Phi) is 4.68. The SMILES string of the molecule is Cc1ccsc1/C=N\N1CC[NH+](Cc2ccccc2)CC1. The van der Waals surface area contributed by atoms with E-state index in [-0.39, 0.29) is 0 Å². The molecular formula is C17H22N3S+. The number of hydrazone groups is 1. The van der Waals surface area contributed by atoms with Gasteiger partial charge in [-0.3, -0.25) is 5.01 Å². The van der Waals surface area contributed by atoms with Gasteiger partial charge in [-0.05, 0) is 23.9 Å². The predicted octanol–water partition coefficient (Wildman–Crippen LogP) is 1.79. The monoisotopic (exact) mass is 300 g/mol. The number of benzene rings is 1. The summed E-state index contributed by atoms with van der Waals surface area (Å²) in [5.74, 6) is 0. The third-order valence-electron chi connectivity index (χ3n) is 3.98. The van der Waals surface area contributed by atoms with E-state index in [1.165, 1.54) is 16.0 Å². The molecule has 1 aromatic carbocycles. The molecule has 0 aliphatic carbocycles. The quantitative estimate of drug-likeness (QED) is 0.854. The van der Waals surface area contributed by atoms with E-state index < -0.39 is 0 Å². The minimum absolute atomic E-state index is 1.04. The highest BCUT2D eigenvalue weighted by atomic mass is 32.1. The van der Waals surface area contributed by atoms with Crippen molar-refractivity contribution in [3.05, 3.63) is 57.8 Å². The van der Waals surface area contributed by atoms with Crippen LogP contribution in [0.15, 0.2) is 46.9 Å². The van der Waals surface area contributed by atoms with Gasteiger partial charge in [-0.1, -0.05) is 30.3 Å². The zero-order chi connectivity index (χ0) is 14.5. The molecule has 0 saturated carbocycles. The van der Waals surface area contributed by atoms with Crippen molar-refractivity contribution < 1.29 is 4.90 Å². The van der Waals surface area contributed by atoms with Crippen LogP contribution in [0.3, 0.4) is 0 Å². The van der Waals surface area contributed by atoms with Crippen LogP contribution < -0.4 is 4.90 Å². The minimum atomic E-state index is 1.04. The summed E-state index contributed by atoms with van der Waals surface area (Å²) in [6.07, 6.45) is 2.02. The first-order valence-electron chi connectivity index (χ1n) is 7.52. The number of thiophene rings is 1. The summed E-state index contributed by atoms with van der Waals surface area (Å²) < 4.78 is 0. The van der Waals surface area contributed by atoms with E-state index >= 15 is 0 Å². The lowest BCUT2D eigenvalue weighted by Crippen LogP contribution is -3.13. The average Bonchev–Trinajstić information content (AvgIpc) is 2.93. The topological polar surface area (TPSA) is 20.0 Å². The van der Waals surface area contributed by atoms with Crippen molar-refractivity contribution in [3.8, 4) is 0 Å². The third kappa shape index (κ3) is 3.93. The molecule has 1 fully saturated rings. The van der Waals surface area contributed by atoms with Crippen LogP contribution >= 0.6 is 11.3 Å². The summed E-state index contributed by atoms with van der Waals surface area (Å²) in [7, 11) is 0. The lowest BCUT2D eigenvalue weighted by molar-refractivity contribution is -0.918. The molecule has 1 aromatic heterocycles. The molecule has 4 heteroatoms. The van der Waals surface area contributed by atoms with E-state index in [1.54, 1.807) is 16.2 Å². The highest BCUT2D eigenvalue weighted by molar-refractivity contribution is 7.11. The Hall–Kier alpha value is -1.65. The molecule has 0 bridgehead atoms. The van der Waals surface area contributed by atoms with E-state index in [0.29, 0.717) is 0 Å². The van der Waals surface area contributed by atoms with Crippen LogP contribution in [0, 0.1) is 6.92 Å². The van der Waals surface area contributed by atoms with Crippen molar-refractivity contribution >= 4 is 17.6 Å². The number of piperazine rings is 1. The molecular weight excluding hydrogens is 278 g/mol. The molecule has 110 valence electrons. The third-order valence-corrected chi connectivity index (χ3v) is 4.94. The number of aryl methyl sites for hydroxylation is 1. The van der Waals surface area contributed by atoms with Crippen molar-refractivity contribution in [2.75, 3.05) is 26.2 Å². The number of rotatable bonds is 4. The Bertz CT molecular complexity index is 583. The van der Waals surface area contributed by atoms with Gasteiger partial charge in [0.25, 0.3) is 0 Å². The summed E-state index contributed by atoms with van der Waals surface area (Å²) in [5.41, 5.74) is 2.75. The number of nitrogens with one attached hydrogen (secondary N) is 1. The van der Waals surface area contributed by atoms with Gasteiger partial charge in [0.2, 0.25) is 0 Å². The fourth-order valence-corrected chi connectivity index (χ4v) is 3.42. The second kappa shape index (κ2) is 6.87. The van der Waals surface area contributed by atoms with Crippen LogP contribution in [0.25, 0.3) is 0 Å². The number of hydrogen-bond donors (Lipinski definition) is 1. The van der Waals surface area contributed by atoms with Gasteiger partial charge in [0.1, 0.15) is 6.54 Å². The van der Waals surface area contributed by atoms with Crippen molar-refractivity contribution in [2.24, 2.45) is 5.10 Å².